The molecule has 0 aromatic rings. The Labute approximate surface area is 74.6 Å². The summed E-state index contributed by atoms with van der Waals surface area (Å²) in [6.45, 7) is 9.25. The normalized spacial score (nSPS) is 10.9. The van der Waals surface area contributed by atoms with Gasteiger partial charge in [0.25, 0.3) is 0 Å². The summed E-state index contributed by atoms with van der Waals surface area (Å²) in [7, 11) is 0. The molecule has 0 atom stereocenters. The van der Waals surface area contributed by atoms with Crippen molar-refractivity contribution in [1.82, 2.24) is 0 Å². The first-order valence-electron chi connectivity index (χ1n) is 4.36. The van der Waals surface area contributed by atoms with Crippen molar-refractivity contribution in [2.45, 2.75) is 40.0 Å². The topological polar surface area (TPSA) is 26.3 Å². The van der Waals surface area contributed by atoms with Crippen molar-refractivity contribution in [2.24, 2.45) is 5.41 Å². The SMILES string of the molecule is C=COC(=O)C(C)(C)CCCC. The van der Waals surface area contributed by atoms with Crippen molar-refractivity contribution >= 4 is 5.97 Å². The first-order valence-corrected chi connectivity index (χ1v) is 4.36. The van der Waals surface area contributed by atoms with Gasteiger partial charge in [-0.1, -0.05) is 26.3 Å². The quantitative estimate of drug-likeness (QED) is 0.468. The maximum absolute atomic E-state index is 11.3. The minimum atomic E-state index is -0.371. The van der Waals surface area contributed by atoms with Crippen molar-refractivity contribution in [3.8, 4) is 0 Å². The van der Waals surface area contributed by atoms with Gasteiger partial charge in [0.15, 0.2) is 0 Å². The molecule has 12 heavy (non-hydrogen) atoms. The zero-order valence-corrected chi connectivity index (χ0v) is 8.22. The molecule has 0 fully saturated rings. The van der Waals surface area contributed by atoms with Crippen molar-refractivity contribution in [2.75, 3.05) is 0 Å². The highest BCUT2D eigenvalue weighted by molar-refractivity contribution is 5.76. The predicted molar refractivity (Wildman–Crippen MR) is 49.6 cm³/mol. The molecular formula is C10H18O2. The van der Waals surface area contributed by atoms with Crippen LogP contribution in [-0.4, -0.2) is 5.97 Å². The molecule has 0 saturated carbocycles. The molecule has 0 bridgehead atoms. The summed E-state index contributed by atoms with van der Waals surface area (Å²) in [6.07, 6.45) is 4.22. The molecule has 0 aromatic heterocycles. The van der Waals surface area contributed by atoms with Gasteiger partial charge in [-0.15, -0.1) is 0 Å². The van der Waals surface area contributed by atoms with Crippen LogP contribution < -0.4 is 0 Å². The lowest BCUT2D eigenvalue weighted by Gasteiger charge is -2.20. The Balaban J connectivity index is 3.99. The molecule has 0 rings (SSSR count). The van der Waals surface area contributed by atoms with E-state index < -0.39 is 0 Å². The summed E-state index contributed by atoms with van der Waals surface area (Å²) in [4.78, 5) is 11.3. The van der Waals surface area contributed by atoms with E-state index in [2.05, 4.69) is 13.5 Å². The Morgan fingerprint density at radius 3 is 2.58 bits per heavy atom. The molecule has 0 radical (unpaired) electrons. The van der Waals surface area contributed by atoms with Gasteiger partial charge in [0, 0.05) is 0 Å². The summed E-state index contributed by atoms with van der Waals surface area (Å²) >= 11 is 0. The van der Waals surface area contributed by atoms with E-state index in [-0.39, 0.29) is 11.4 Å². The maximum Gasteiger partial charge on any atom is 0.316 e. The van der Waals surface area contributed by atoms with Crippen LogP contribution in [0.3, 0.4) is 0 Å². The molecule has 0 aromatic carbocycles. The summed E-state index contributed by atoms with van der Waals surface area (Å²) < 4.78 is 4.73. The molecular weight excluding hydrogens is 152 g/mol. The molecule has 0 saturated heterocycles. The summed E-state index contributed by atoms with van der Waals surface area (Å²) in [5.74, 6) is -0.189. The van der Waals surface area contributed by atoms with Gasteiger partial charge in [-0.3, -0.25) is 4.79 Å². The van der Waals surface area contributed by atoms with Gasteiger partial charge < -0.3 is 4.74 Å². The number of ether oxygens (including phenoxy) is 1. The average Bonchev–Trinajstić information content (AvgIpc) is 2.01. The highest BCUT2D eigenvalue weighted by Crippen LogP contribution is 2.24. The number of carbonyl (C=O) groups is 1. The van der Waals surface area contributed by atoms with Crippen LogP contribution in [0.1, 0.15) is 40.0 Å². The zero-order valence-electron chi connectivity index (χ0n) is 8.22. The largest absolute Gasteiger partial charge is 0.435 e. The maximum atomic E-state index is 11.3. The van der Waals surface area contributed by atoms with Crippen molar-refractivity contribution in [1.29, 1.82) is 0 Å². The van der Waals surface area contributed by atoms with Gasteiger partial charge in [-0.05, 0) is 20.3 Å². The Morgan fingerprint density at radius 1 is 1.58 bits per heavy atom. The Kier molecular flexibility index (Phi) is 4.64. The van der Waals surface area contributed by atoms with Crippen LogP contribution in [0.5, 0.6) is 0 Å². The fourth-order valence-corrected chi connectivity index (χ4v) is 0.956. The molecule has 0 spiro atoms. The van der Waals surface area contributed by atoms with Crippen LogP contribution in [0.25, 0.3) is 0 Å². The number of rotatable bonds is 5. The number of unbranched alkanes of at least 4 members (excludes halogenated alkanes) is 1. The van der Waals surface area contributed by atoms with Gasteiger partial charge in [0.05, 0.1) is 11.7 Å². The fourth-order valence-electron chi connectivity index (χ4n) is 0.956. The Hall–Kier alpha value is -0.790. The summed E-state index contributed by atoms with van der Waals surface area (Å²) in [5.41, 5.74) is -0.371. The van der Waals surface area contributed by atoms with Crippen molar-refractivity contribution < 1.29 is 9.53 Å². The first kappa shape index (κ1) is 11.2. The van der Waals surface area contributed by atoms with E-state index in [1.165, 1.54) is 6.26 Å². The van der Waals surface area contributed by atoms with E-state index in [1.807, 2.05) is 13.8 Å². The number of esters is 1. The van der Waals surface area contributed by atoms with Crippen LogP contribution >= 0.6 is 0 Å². The molecule has 0 aliphatic carbocycles. The highest BCUT2D eigenvalue weighted by Gasteiger charge is 2.27. The molecule has 0 heterocycles. The molecule has 70 valence electrons. The smallest absolute Gasteiger partial charge is 0.316 e. The van der Waals surface area contributed by atoms with Crippen LogP contribution in [0.4, 0.5) is 0 Å². The first-order chi connectivity index (χ1) is 5.54. The minimum absolute atomic E-state index is 0.189. The summed E-state index contributed by atoms with van der Waals surface area (Å²) in [5, 5.41) is 0. The molecule has 0 N–H and O–H groups in total. The summed E-state index contributed by atoms with van der Waals surface area (Å²) in [6, 6.07) is 0. The molecule has 2 nitrogen and oxygen atoms in total. The van der Waals surface area contributed by atoms with E-state index in [1.54, 1.807) is 0 Å². The van der Waals surface area contributed by atoms with Gasteiger partial charge in [0.2, 0.25) is 0 Å². The third kappa shape index (κ3) is 3.56. The van der Waals surface area contributed by atoms with E-state index in [0.717, 1.165) is 19.3 Å². The Morgan fingerprint density at radius 2 is 2.17 bits per heavy atom. The van der Waals surface area contributed by atoms with E-state index in [4.69, 9.17) is 4.74 Å². The minimum Gasteiger partial charge on any atom is -0.435 e. The lowest BCUT2D eigenvalue weighted by atomic mass is 9.87. The zero-order chi connectivity index (χ0) is 9.61. The standard InChI is InChI=1S/C10H18O2/c1-5-7-8-10(3,4)9(11)12-6-2/h6H,2,5,7-8H2,1,3-4H3. The second kappa shape index (κ2) is 4.96. The fraction of sp³-hybridized carbons (Fsp3) is 0.700. The predicted octanol–water partition coefficient (Wildman–Crippen LogP) is 2.89. The van der Waals surface area contributed by atoms with E-state index in [0.29, 0.717) is 0 Å². The third-order valence-electron chi connectivity index (χ3n) is 1.90. The van der Waals surface area contributed by atoms with Crippen LogP contribution in [0.15, 0.2) is 12.8 Å². The third-order valence-corrected chi connectivity index (χ3v) is 1.90. The molecule has 0 unspecified atom stereocenters. The van der Waals surface area contributed by atoms with Crippen LogP contribution in [0.2, 0.25) is 0 Å². The number of hydrogen-bond acceptors (Lipinski definition) is 2. The monoisotopic (exact) mass is 170 g/mol. The lowest BCUT2D eigenvalue weighted by Crippen LogP contribution is -2.24. The number of hydrogen-bond donors (Lipinski definition) is 0. The molecule has 2 heteroatoms. The second-order valence-corrected chi connectivity index (χ2v) is 3.56. The Bertz CT molecular complexity index is 159. The van der Waals surface area contributed by atoms with Crippen LogP contribution in [-0.2, 0) is 9.53 Å². The van der Waals surface area contributed by atoms with Gasteiger partial charge in [-0.2, -0.15) is 0 Å². The van der Waals surface area contributed by atoms with E-state index in [9.17, 15) is 4.79 Å². The number of carbonyl (C=O) groups excluding carboxylic acids is 1. The lowest BCUT2D eigenvalue weighted by molar-refractivity contribution is -0.148. The van der Waals surface area contributed by atoms with Gasteiger partial charge >= 0.3 is 5.97 Å². The molecule has 0 aliphatic heterocycles. The van der Waals surface area contributed by atoms with Crippen molar-refractivity contribution in [3.63, 3.8) is 0 Å². The van der Waals surface area contributed by atoms with Gasteiger partial charge in [0.1, 0.15) is 0 Å². The molecule has 0 amide bonds. The second-order valence-electron chi connectivity index (χ2n) is 3.56. The highest BCUT2D eigenvalue weighted by atomic mass is 16.5. The van der Waals surface area contributed by atoms with Crippen LogP contribution in [0, 0.1) is 5.41 Å². The molecule has 0 aliphatic rings. The van der Waals surface area contributed by atoms with Gasteiger partial charge in [-0.25, -0.2) is 0 Å². The average molecular weight is 170 g/mol. The van der Waals surface area contributed by atoms with E-state index >= 15 is 0 Å². The van der Waals surface area contributed by atoms with Crippen molar-refractivity contribution in [3.05, 3.63) is 12.8 Å².